The molecule has 0 aliphatic carbocycles. The Bertz CT molecular complexity index is 2460. The minimum atomic E-state index is -2.25. The van der Waals surface area contributed by atoms with Gasteiger partial charge >= 0.3 is 77.8 Å². The molecular formula is C118H258Cl2O21Si9. The van der Waals surface area contributed by atoms with Crippen LogP contribution in [0.15, 0.2) is 146 Å². The molecule has 0 N–H and O–H groups in total. The van der Waals surface area contributed by atoms with Gasteiger partial charge in [0.25, 0.3) is 0 Å². The van der Waals surface area contributed by atoms with Gasteiger partial charge in [0.15, 0.2) is 0 Å². The summed E-state index contributed by atoms with van der Waals surface area (Å²) in [5, 5.41) is 0. The van der Waals surface area contributed by atoms with Gasteiger partial charge in [-0.3, -0.25) is 0 Å². The Balaban J connectivity index is -0.000000104. The number of benzene rings is 4. The summed E-state index contributed by atoms with van der Waals surface area (Å²) in [6, 6.07) is 50.9. The molecule has 0 aliphatic rings. The lowest BCUT2D eigenvalue weighted by Gasteiger charge is -2.23. The molecule has 150 heavy (non-hydrogen) atoms. The zero-order valence-electron chi connectivity index (χ0n) is 105. The van der Waals surface area contributed by atoms with Gasteiger partial charge in [-0.2, -0.15) is 0 Å². The van der Waals surface area contributed by atoms with E-state index in [2.05, 4.69) is 131 Å². The Morgan fingerprint density at radius 3 is 0.413 bits per heavy atom. The molecule has 0 heterocycles. The fraction of sp³-hybridized carbons (Fsp3) is 0.797. The van der Waals surface area contributed by atoms with Crippen molar-refractivity contribution in [2.45, 2.75) is 467 Å². The molecule has 21 nitrogen and oxygen atoms in total. The normalized spacial score (nSPS) is 10.7. The van der Waals surface area contributed by atoms with Gasteiger partial charge < -0.3 is 92.9 Å². The van der Waals surface area contributed by atoms with E-state index in [4.69, 9.17) is 92.9 Å². The Kier molecular flexibility index (Phi) is 176. The van der Waals surface area contributed by atoms with Gasteiger partial charge in [0.2, 0.25) is 0 Å². The van der Waals surface area contributed by atoms with Crippen molar-refractivity contribution in [3.05, 3.63) is 146 Å². The van der Waals surface area contributed by atoms with Gasteiger partial charge in [0, 0.05) is 176 Å². The van der Waals surface area contributed by atoms with Crippen molar-refractivity contribution in [2.24, 2.45) is 0 Å². The smallest absolute Gasteiger partial charge is 0.398 e. The zero-order valence-corrected chi connectivity index (χ0v) is 116. The molecule has 0 atom stereocenters. The molecule has 0 aromatic heterocycles. The molecule has 0 amide bonds. The standard InChI is InChI=1S/C26H56O2Si.C18H40O2Si.C10H24O2Si.C7H18O3Si.2C6H16O2Si.4C6H6.C5H14O3Si.C4H12O3Si.C4H12O2Si.2C2H6.2CH3Cl.2CH4/c1-5-7-9-11-13-15-17-19-21-23-25-27-29(3,4)28-26-24-22-20-18-16-14-12-10-8-6-2;1-5-7-9-11-13-15-17-19-21(3,4)20-18-16-14-12-10-8-6-2;1-5-7-9-11-13(3,4)12-10-8-6-2;1-5-8-11(4,9-6-2)10-7-3;1-5-7-9(3,4)8-6-2;1-5-9(6-2,7-3)8-4;4*1-2-4-6-5-3-1;1-5-9(6-2,7-3)8-4;1-5-8(4,6-2)7-3;1-5-7(3,4)6-2;4*1-2;;/h5-26H2,1-4H3;5-18H2,1-4H3;5-10H2,1-4H3;5-7H2,1-4H3;2*5-6H2,1-4H3;4*1-6H;5H2,1-4H3;1-4H3;1-4H3;2*1-2H3;2*1H3;2*1H4. The van der Waals surface area contributed by atoms with Gasteiger partial charge in [-0.1, -0.05) is 443 Å². The highest BCUT2D eigenvalue weighted by Gasteiger charge is 2.36. The van der Waals surface area contributed by atoms with Crippen LogP contribution in [0.1, 0.15) is 371 Å². The van der Waals surface area contributed by atoms with Crippen LogP contribution >= 0.6 is 23.2 Å². The number of hydrogen-bond acceptors (Lipinski definition) is 21. The second-order valence-corrected chi connectivity index (χ2v) is 65.9. The van der Waals surface area contributed by atoms with Gasteiger partial charge in [-0.15, -0.1) is 23.2 Å². The summed E-state index contributed by atoms with van der Waals surface area (Å²) in [6.45, 7) is 71.2. The van der Waals surface area contributed by atoms with Crippen LogP contribution in [0.3, 0.4) is 0 Å². The van der Waals surface area contributed by atoms with Crippen LogP contribution in [0.25, 0.3) is 0 Å². The topological polar surface area (TPSA) is 194 Å². The molecule has 0 aliphatic heterocycles. The maximum Gasteiger partial charge on any atom is 0.499 e. The van der Waals surface area contributed by atoms with Crippen LogP contribution in [0.4, 0.5) is 0 Å². The third kappa shape index (κ3) is 155. The minimum Gasteiger partial charge on any atom is -0.398 e. The van der Waals surface area contributed by atoms with E-state index >= 15 is 0 Å². The molecule has 4 aromatic rings. The predicted octanol–water partition coefficient (Wildman–Crippen LogP) is 38.7. The van der Waals surface area contributed by atoms with Crippen molar-refractivity contribution < 1.29 is 92.9 Å². The van der Waals surface area contributed by atoms with E-state index in [9.17, 15) is 0 Å². The van der Waals surface area contributed by atoms with Crippen LogP contribution in [0.5, 0.6) is 0 Å². The first-order chi connectivity index (χ1) is 71.0. The highest BCUT2D eigenvalue weighted by atomic mass is 35.5. The molecule has 0 bridgehead atoms. The fourth-order valence-corrected chi connectivity index (χ4v) is 23.6. The summed E-state index contributed by atoms with van der Waals surface area (Å²) in [7, 11) is -0.762. The molecular weight excluding hydrogens is 2080 g/mol. The summed E-state index contributed by atoms with van der Waals surface area (Å²) in [4.78, 5) is 0. The lowest BCUT2D eigenvalue weighted by atomic mass is 10.1. The molecule has 0 radical (unpaired) electrons. The average molecular weight is 2340 g/mol. The quantitative estimate of drug-likeness (QED) is 0.0230. The maximum absolute atomic E-state index is 6.11. The summed E-state index contributed by atoms with van der Waals surface area (Å²) in [5.74, 6) is 0. The summed E-state index contributed by atoms with van der Waals surface area (Å²) >= 11 is 9.28. The van der Waals surface area contributed by atoms with Crippen LogP contribution in [0, 0.1) is 0 Å². The van der Waals surface area contributed by atoms with E-state index in [1.807, 2.05) is 241 Å². The molecule has 4 aromatic carbocycles. The molecule has 32 heteroatoms. The van der Waals surface area contributed by atoms with E-state index in [1.165, 1.54) is 231 Å². The number of halogens is 2. The van der Waals surface area contributed by atoms with E-state index in [-0.39, 0.29) is 14.9 Å². The van der Waals surface area contributed by atoms with E-state index in [1.54, 1.807) is 71.1 Å². The third-order valence-corrected chi connectivity index (χ3v) is 42.2. The molecule has 0 saturated carbocycles. The Labute approximate surface area is 956 Å². The molecule has 0 fully saturated rings. The van der Waals surface area contributed by atoms with Crippen molar-refractivity contribution >= 4 is 101 Å². The second-order valence-electron chi connectivity index (χ2n) is 35.9. The highest BCUT2D eigenvalue weighted by molar-refractivity contribution is 6.67. The molecule has 4 rings (SSSR count). The molecule has 0 saturated heterocycles. The van der Waals surface area contributed by atoms with E-state index in [0.29, 0.717) is 19.8 Å². The molecule has 0 unspecified atom stereocenters. The summed E-state index contributed by atoms with van der Waals surface area (Å²) < 4.78 is 113. The Morgan fingerprint density at radius 1 is 0.160 bits per heavy atom. The van der Waals surface area contributed by atoms with Crippen molar-refractivity contribution in [3.8, 4) is 0 Å². The predicted molar refractivity (Wildman–Crippen MR) is 683 cm³/mol. The van der Waals surface area contributed by atoms with Crippen molar-refractivity contribution in [1.29, 1.82) is 0 Å². The van der Waals surface area contributed by atoms with Crippen LogP contribution < -0.4 is 0 Å². The number of alkyl halides is 2. The number of rotatable bonds is 71. The van der Waals surface area contributed by atoms with Crippen LogP contribution in [0.2, 0.25) is 96.7 Å². The number of hydrogen-bond donors (Lipinski definition) is 0. The summed E-state index contributed by atoms with van der Waals surface area (Å²) in [6.07, 6.45) is 51.1. The van der Waals surface area contributed by atoms with Crippen molar-refractivity contribution in [2.75, 3.05) is 157 Å². The largest absolute Gasteiger partial charge is 0.499 e. The first-order valence-electron chi connectivity index (χ1n) is 57.3. The van der Waals surface area contributed by atoms with Gasteiger partial charge in [-0.25, -0.2) is 0 Å². The third-order valence-electron chi connectivity index (χ3n) is 21.8. The molecule has 906 valence electrons. The zero-order chi connectivity index (χ0) is 116. The first-order valence-corrected chi connectivity index (χ1v) is 81.5. The monoisotopic (exact) mass is 2330 g/mol. The second kappa shape index (κ2) is 146. The van der Waals surface area contributed by atoms with Crippen LogP contribution in [-0.4, -0.2) is 234 Å². The van der Waals surface area contributed by atoms with E-state index < -0.39 is 77.8 Å². The minimum absolute atomic E-state index is 0. The number of unbranched alkanes of at least 4 members (excludes halogenated alkanes) is 30. The van der Waals surface area contributed by atoms with Gasteiger partial charge in [0.1, 0.15) is 0 Å². The molecule has 0 spiro atoms. The Morgan fingerprint density at radius 2 is 0.313 bits per heavy atom. The Hall–Kier alpha value is -1.43. The van der Waals surface area contributed by atoms with E-state index in [0.717, 1.165) is 83.8 Å². The SMILES string of the molecule is C.C.CC.CC.CCCCCCCCCCCCO[Si](C)(C)OCCCCCCCCCCCC.CCCCCCCCO[Si](C)(C)OCCCCCCCC.CCCCO[Si](C)(C)OCCCC.CCO[Si](C)(C)OCC.CCO[Si](C)(OCC)OCC.CC[Si](CC)(OC)OC.CC[Si](OC)(OC)OC.CCl.CCl.CO[Si](C)(C)OC.CO[Si](C)(OC)OC.c1ccccc1.c1ccccc1.c1ccccc1.c1ccccc1. The van der Waals surface area contributed by atoms with Crippen molar-refractivity contribution in [1.82, 2.24) is 0 Å². The average Bonchev–Trinajstić information content (AvgIpc) is 0.914. The van der Waals surface area contributed by atoms with Crippen LogP contribution in [-0.2, 0) is 92.9 Å². The van der Waals surface area contributed by atoms with Crippen molar-refractivity contribution in [3.63, 3.8) is 0 Å². The fourth-order valence-electron chi connectivity index (χ4n) is 12.4. The first kappa shape index (κ1) is 181. The highest BCUT2D eigenvalue weighted by Crippen LogP contribution is 2.20. The maximum atomic E-state index is 6.11. The van der Waals surface area contributed by atoms with Gasteiger partial charge in [0.05, 0.1) is 0 Å². The lowest BCUT2D eigenvalue weighted by molar-refractivity contribution is 0.0782. The van der Waals surface area contributed by atoms with Gasteiger partial charge in [-0.05, 0) is 151 Å². The summed E-state index contributed by atoms with van der Waals surface area (Å²) in [5.41, 5.74) is 0. The lowest BCUT2D eigenvalue weighted by Crippen LogP contribution is -2.42.